The van der Waals surface area contributed by atoms with Gasteiger partial charge in [-0.25, -0.2) is 9.18 Å². The minimum absolute atomic E-state index is 0.119. The van der Waals surface area contributed by atoms with Gasteiger partial charge in [-0.15, -0.1) is 0 Å². The van der Waals surface area contributed by atoms with Gasteiger partial charge in [-0.2, -0.15) is 0 Å². The first-order valence-corrected chi connectivity index (χ1v) is 8.25. The molecule has 0 fully saturated rings. The van der Waals surface area contributed by atoms with Crippen LogP contribution in [0.15, 0.2) is 34.0 Å². The van der Waals surface area contributed by atoms with Crippen molar-refractivity contribution in [3.63, 3.8) is 0 Å². The van der Waals surface area contributed by atoms with E-state index in [1.807, 2.05) is 13.8 Å². The number of fused-ring (bicyclic) bond motifs is 1. The molecule has 7 nitrogen and oxygen atoms in total. The third kappa shape index (κ3) is 3.44. The summed E-state index contributed by atoms with van der Waals surface area (Å²) in [5.74, 6) is -0.793. The summed E-state index contributed by atoms with van der Waals surface area (Å²) in [6.07, 6.45) is 2.05. The van der Waals surface area contributed by atoms with Crippen molar-refractivity contribution in [2.75, 3.05) is 0 Å². The fourth-order valence-electron chi connectivity index (χ4n) is 2.98. The van der Waals surface area contributed by atoms with Gasteiger partial charge in [0.25, 0.3) is 5.56 Å². The molecule has 2 aromatic heterocycles. The van der Waals surface area contributed by atoms with E-state index in [0.29, 0.717) is 5.56 Å². The Morgan fingerprint density at radius 2 is 2.04 bits per heavy atom. The summed E-state index contributed by atoms with van der Waals surface area (Å²) < 4.78 is 15.0. The lowest BCUT2D eigenvalue weighted by molar-refractivity contribution is -0.121. The van der Waals surface area contributed by atoms with Gasteiger partial charge in [0.1, 0.15) is 12.4 Å². The summed E-state index contributed by atoms with van der Waals surface area (Å²) in [6, 6.07) is 4.02. The molecule has 0 spiro atoms. The highest BCUT2D eigenvalue weighted by Gasteiger charge is 2.13. The molecule has 0 saturated heterocycles. The second-order valence-corrected chi connectivity index (χ2v) is 6.08. The van der Waals surface area contributed by atoms with Gasteiger partial charge in [0, 0.05) is 29.9 Å². The van der Waals surface area contributed by atoms with Crippen LogP contribution >= 0.6 is 0 Å². The zero-order valence-electron chi connectivity index (χ0n) is 14.5. The number of nitrogens with one attached hydrogen (secondary N) is 3. The zero-order chi connectivity index (χ0) is 18.8. The largest absolute Gasteiger partial charge is 0.358 e. The van der Waals surface area contributed by atoms with E-state index < -0.39 is 17.2 Å². The molecule has 8 heteroatoms. The Morgan fingerprint density at radius 3 is 2.73 bits per heavy atom. The van der Waals surface area contributed by atoms with Crippen LogP contribution in [0.25, 0.3) is 10.9 Å². The Hall–Kier alpha value is -3.16. The van der Waals surface area contributed by atoms with Crippen LogP contribution in [0.2, 0.25) is 0 Å². The van der Waals surface area contributed by atoms with Crippen LogP contribution in [0.1, 0.15) is 23.7 Å². The van der Waals surface area contributed by atoms with Crippen LogP contribution in [0.5, 0.6) is 0 Å². The lowest BCUT2D eigenvalue weighted by Gasteiger charge is -2.08. The number of halogens is 1. The summed E-state index contributed by atoms with van der Waals surface area (Å²) in [5.41, 5.74) is 2.26. The van der Waals surface area contributed by atoms with Crippen molar-refractivity contribution in [3.8, 4) is 0 Å². The van der Waals surface area contributed by atoms with Gasteiger partial charge in [0.05, 0.1) is 5.52 Å². The topological polar surface area (TPSA) is 99.8 Å². The molecule has 26 heavy (non-hydrogen) atoms. The van der Waals surface area contributed by atoms with Gasteiger partial charge in [-0.1, -0.05) is 6.92 Å². The molecular formula is C18H19FN4O3. The molecule has 2 heterocycles. The summed E-state index contributed by atoms with van der Waals surface area (Å²) in [7, 11) is 0. The molecule has 3 rings (SSSR count). The van der Waals surface area contributed by atoms with E-state index in [4.69, 9.17) is 0 Å². The van der Waals surface area contributed by atoms with Crippen molar-refractivity contribution in [2.24, 2.45) is 0 Å². The number of aromatic amines is 2. The van der Waals surface area contributed by atoms with Gasteiger partial charge in [-0.3, -0.25) is 19.1 Å². The highest BCUT2D eigenvalue weighted by Crippen LogP contribution is 2.26. The molecule has 1 amide bonds. The number of rotatable bonds is 5. The Kier molecular flexibility index (Phi) is 4.75. The predicted molar refractivity (Wildman–Crippen MR) is 95.5 cm³/mol. The Bertz CT molecular complexity index is 1090. The molecule has 1 aromatic carbocycles. The minimum atomic E-state index is -0.659. The number of carbonyl (C=O) groups is 1. The highest BCUT2D eigenvalue weighted by atomic mass is 19.1. The Balaban J connectivity index is 1.80. The second kappa shape index (κ2) is 6.99. The van der Waals surface area contributed by atoms with E-state index in [1.165, 1.54) is 24.4 Å². The summed E-state index contributed by atoms with van der Waals surface area (Å²) in [4.78, 5) is 40.1. The third-order valence-corrected chi connectivity index (χ3v) is 4.36. The van der Waals surface area contributed by atoms with Gasteiger partial charge in [0.15, 0.2) is 0 Å². The van der Waals surface area contributed by atoms with Crippen LogP contribution in [0.4, 0.5) is 4.39 Å². The molecule has 0 aliphatic rings. The summed E-state index contributed by atoms with van der Waals surface area (Å²) in [5, 5.41) is 3.47. The van der Waals surface area contributed by atoms with E-state index in [1.54, 1.807) is 0 Å². The number of carbonyl (C=O) groups excluding carboxylic acids is 1. The number of nitrogens with zero attached hydrogens (tertiary/aromatic N) is 1. The first-order valence-electron chi connectivity index (χ1n) is 8.25. The van der Waals surface area contributed by atoms with E-state index in [0.717, 1.165) is 33.1 Å². The van der Waals surface area contributed by atoms with Crippen LogP contribution in [0, 0.1) is 12.7 Å². The van der Waals surface area contributed by atoms with Gasteiger partial charge < -0.3 is 10.3 Å². The molecule has 136 valence electrons. The number of amides is 1. The fraction of sp³-hybridized carbons (Fsp3) is 0.278. The minimum Gasteiger partial charge on any atom is -0.358 e. The molecular weight excluding hydrogens is 339 g/mol. The van der Waals surface area contributed by atoms with E-state index in [9.17, 15) is 18.8 Å². The third-order valence-electron chi connectivity index (χ3n) is 4.36. The number of aromatic nitrogens is 3. The number of hydrogen-bond acceptors (Lipinski definition) is 3. The molecule has 3 N–H and O–H groups in total. The van der Waals surface area contributed by atoms with Crippen LogP contribution in [0.3, 0.4) is 0 Å². The van der Waals surface area contributed by atoms with Crippen molar-refractivity contribution < 1.29 is 9.18 Å². The standard InChI is InChI=1S/C18H19FN4O3/c1-3-14-10(2)13-7-12(19)6-11(17(13)21-14)8-20-16(25)9-23-5-4-15(24)22-18(23)26/h4-7,21H,3,8-9H2,1-2H3,(H,20,25)(H,22,24,26). The lowest BCUT2D eigenvalue weighted by Crippen LogP contribution is -2.35. The van der Waals surface area contributed by atoms with Crippen LogP contribution < -0.4 is 16.6 Å². The average Bonchev–Trinajstić information content (AvgIpc) is 2.91. The number of hydrogen-bond donors (Lipinski definition) is 3. The zero-order valence-corrected chi connectivity index (χ0v) is 14.5. The van der Waals surface area contributed by atoms with Crippen molar-refractivity contribution in [2.45, 2.75) is 33.4 Å². The molecule has 0 bridgehead atoms. The average molecular weight is 358 g/mol. The molecule has 3 aromatic rings. The lowest BCUT2D eigenvalue weighted by atomic mass is 10.1. The molecule has 0 saturated carbocycles. The molecule has 0 radical (unpaired) electrons. The van der Waals surface area contributed by atoms with Gasteiger partial charge >= 0.3 is 5.69 Å². The van der Waals surface area contributed by atoms with Crippen molar-refractivity contribution in [1.29, 1.82) is 0 Å². The first-order chi connectivity index (χ1) is 12.4. The number of H-pyrrole nitrogens is 2. The summed E-state index contributed by atoms with van der Waals surface area (Å²) in [6.45, 7) is 3.83. The second-order valence-electron chi connectivity index (χ2n) is 6.08. The van der Waals surface area contributed by atoms with E-state index in [2.05, 4.69) is 15.3 Å². The molecule has 0 aliphatic carbocycles. The van der Waals surface area contributed by atoms with Crippen LogP contribution in [-0.4, -0.2) is 20.4 Å². The monoisotopic (exact) mass is 358 g/mol. The number of aryl methyl sites for hydroxylation is 2. The quantitative estimate of drug-likeness (QED) is 0.642. The molecule has 0 aliphatic heterocycles. The van der Waals surface area contributed by atoms with E-state index >= 15 is 0 Å². The smallest absolute Gasteiger partial charge is 0.328 e. The van der Waals surface area contributed by atoms with Crippen molar-refractivity contribution in [1.82, 2.24) is 19.9 Å². The Morgan fingerprint density at radius 1 is 1.27 bits per heavy atom. The molecule has 0 unspecified atom stereocenters. The van der Waals surface area contributed by atoms with Gasteiger partial charge in [0.2, 0.25) is 5.91 Å². The maximum Gasteiger partial charge on any atom is 0.328 e. The maximum absolute atomic E-state index is 13.9. The SMILES string of the molecule is CCc1[nH]c2c(CNC(=O)Cn3ccc(=O)[nH]c3=O)cc(F)cc2c1C. The number of benzene rings is 1. The van der Waals surface area contributed by atoms with Crippen molar-refractivity contribution >= 4 is 16.8 Å². The first kappa shape index (κ1) is 17.7. The van der Waals surface area contributed by atoms with E-state index in [-0.39, 0.29) is 18.9 Å². The predicted octanol–water partition coefficient (Wildman–Crippen LogP) is 1.34. The fourth-order valence-corrected chi connectivity index (χ4v) is 2.98. The highest BCUT2D eigenvalue weighted by molar-refractivity contribution is 5.87. The maximum atomic E-state index is 13.9. The molecule has 0 atom stereocenters. The Labute approximate surface area is 147 Å². The normalized spacial score (nSPS) is 11.0. The van der Waals surface area contributed by atoms with Crippen molar-refractivity contribution in [3.05, 3.63) is 67.9 Å². The van der Waals surface area contributed by atoms with Crippen LogP contribution in [-0.2, 0) is 24.3 Å². The summed E-state index contributed by atoms with van der Waals surface area (Å²) >= 11 is 0. The van der Waals surface area contributed by atoms with Gasteiger partial charge in [-0.05, 0) is 36.6 Å².